The van der Waals surface area contributed by atoms with Gasteiger partial charge in [0.2, 0.25) is 0 Å². The lowest BCUT2D eigenvalue weighted by atomic mass is 9.85. The summed E-state index contributed by atoms with van der Waals surface area (Å²) < 4.78 is 1.25. The van der Waals surface area contributed by atoms with Gasteiger partial charge < -0.3 is 5.32 Å². The summed E-state index contributed by atoms with van der Waals surface area (Å²) in [5.41, 5.74) is 0. The molecule has 1 heterocycles. The second-order valence-electron chi connectivity index (χ2n) is 5.01. The Morgan fingerprint density at radius 1 is 1.18 bits per heavy atom. The molecule has 1 atom stereocenters. The maximum atomic E-state index is 3.57. The lowest BCUT2D eigenvalue weighted by Crippen LogP contribution is -2.25. The molecule has 1 aliphatic rings. The maximum absolute atomic E-state index is 3.57. The fraction of sp³-hybridized carbons (Fsp3) is 0.714. The number of hydrogen-bond donors (Lipinski definition) is 1. The fourth-order valence-corrected chi connectivity index (χ4v) is 4.55. The van der Waals surface area contributed by atoms with E-state index in [2.05, 4.69) is 40.4 Å². The van der Waals surface area contributed by atoms with Gasteiger partial charge in [-0.15, -0.1) is 11.3 Å². The van der Waals surface area contributed by atoms with Gasteiger partial charge in [-0.3, -0.25) is 0 Å². The highest BCUT2D eigenvalue weighted by atomic mass is 79.9. The molecule has 3 heteroatoms. The van der Waals surface area contributed by atoms with Crippen LogP contribution < -0.4 is 5.32 Å². The van der Waals surface area contributed by atoms with Gasteiger partial charge >= 0.3 is 0 Å². The van der Waals surface area contributed by atoms with Crippen LogP contribution in [0.2, 0.25) is 0 Å². The third-order valence-electron chi connectivity index (χ3n) is 3.83. The quantitative estimate of drug-likeness (QED) is 0.815. The van der Waals surface area contributed by atoms with Crippen LogP contribution in [-0.2, 0) is 0 Å². The Morgan fingerprint density at radius 2 is 1.82 bits per heavy atom. The molecule has 1 nitrogen and oxygen atoms in total. The minimum absolute atomic E-state index is 0.560. The SMILES string of the molecule is CNC(c1ccc(Br)s1)C1CCCCCCC1. The van der Waals surface area contributed by atoms with Crippen molar-refractivity contribution in [1.82, 2.24) is 5.32 Å². The highest BCUT2D eigenvalue weighted by Gasteiger charge is 2.23. The summed E-state index contributed by atoms with van der Waals surface area (Å²) in [5.74, 6) is 0.825. The number of thiophene rings is 1. The van der Waals surface area contributed by atoms with Crippen LogP contribution in [0.4, 0.5) is 0 Å². The molecule has 1 N–H and O–H groups in total. The van der Waals surface area contributed by atoms with Crippen LogP contribution in [0.5, 0.6) is 0 Å². The van der Waals surface area contributed by atoms with Crippen molar-refractivity contribution in [2.45, 2.75) is 51.0 Å². The monoisotopic (exact) mass is 315 g/mol. The predicted molar refractivity (Wildman–Crippen MR) is 79.6 cm³/mol. The van der Waals surface area contributed by atoms with E-state index in [0.29, 0.717) is 6.04 Å². The lowest BCUT2D eigenvalue weighted by Gasteiger charge is -2.27. The van der Waals surface area contributed by atoms with Crippen molar-refractivity contribution in [3.63, 3.8) is 0 Å². The molecule has 1 aliphatic carbocycles. The topological polar surface area (TPSA) is 12.0 Å². The zero-order valence-electron chi connectivity index (χ0n) is 10.5. The van der Waals surface area contributed by atoms with E-state index in [4.69, 9.17) is 0 Å². The Balaban J connectivity index is 2.05. The molecule has 1 fully saturated rings. The fourth-order valence-electron chi connectivity index (χ4n) is 2.93. The summed E-state index contributed by atoms with van der Waals surface area (Å²) >= 11 is 5.45. The number of halogens is 1. The first kappa shape index (κ1) is 13.6. The van der Waals surface area contributed by atoms with Gasteiger partial charge in [-0.25, -0.2) is 0 Å². The minimum atomic E-state index is 0.560. The molecule has 17 heavy (non-hydrogen) atoms. The van der Waals surface area contributed by atoms with E-state index in [1.54, 1.807) is 0 Å². The van der Waals surface area contributed by atoms with Gasteiger partial charge in [0.1, 0.15) is 0 Å². The summed E-state index contributed by atoms with van der Waals surface area (Å²) in [6.07, 6.45) is 9.91. The third kappa shape index (κ3) is 3.80. The van der Waals surface area contributed by atoms with E-state index < -0.39 is 0 Å². The molecule has 0 radical (unpaired) electrons. The normalized spacial score (nSPS) is 20.8. The minimum Gasteiger partial charge on any atom is -0.312 e. The molecular weight excluding hydrogens is 294 g/mol. The molecule has 1 aromatic heterocycles. The van der Waals surface area contributed by atoms with Gasteiger partial charge in [-0.1, -0.05) is 32.1 Å². The van der Waals surface area contributed by atoms with Crippen LogP contribution in [-0.4, -0.2) is 7.05 Å². The third-order valence-corrected chi connectivity index (χ3v) is 5.54. The molecule has 0 saturated heterocycles. The van der Waals surface area contributed by atoms with Crippen molar-refractivity contribution in [3.05, 3.63) is 20.8 Å². The van der Waals surface area contributed by atoms with Crippen molar-refractivity contribution in [1.29, 1.82) is 0 Å². The van der Waals surface area contributed by atoms with Gasteiger partial charge in [0.25, 0.3) is 0 Å². The zero-order chi connectivity index (χ0) is 12.1. The van der Waals surface area contributed by atoms with Gasteiger partial charge in [0.05, 0.1) is 3.79 Å². The Hall–Kier alpha value is 0.140. The van der Waals surface area contributed by atoms with Crippen molar-refractivity contribution >= 4 is 27.3 Å². The van der Waals surface area contributed by atoms with Gasteiger partial charge in [-0.05, 0) is 53.9 Å². The molecule has 1 unspecified atom stereocenters. The molecular formula is C14H22BrNS. The van der Waals surface area contributed by atoms with E-state index in [1.807, 2.05) is 11.3 Å². The summed E-state index contributed by atoms with van der Waals surface area (Å²) in [6.45, 7) is 0. The van der Waals surface area contributed by atoms with Crippen LogP contribution in [0.3, 0.4) is 0 Å². The highest BCUT2D eigenvalue weighted by molar-refractivity contribution is 9.11. The van der Waals surface area contributed by atoms with E-state index >= 15 is 0 Å². The first-order chi connectivity index (χ1) is 8.31. The van der Waals surface area contributed by atoms with Crippen molar-refractivity contribution < 1.29 is 0 Å². The first-order valence-corrected chi connectivity index (χ1v) is 8.34. The number of hydrogen-bond acceptors (Lipinski definition) is 2. The first-order valence-electron chi connectivity index (χ1n) is 6.74. The molecule has 0 aromatic carbocycles. The Bertz CT molecular complexity index is 329. The van der Waals surface area contributed by atoms with E-state index in [0.717, 1.165) is 5.92 Å². The average Bonchev–Trinajstić information content (AvgIpc) is 2.68. The van der Waals surface area contributed by atoms with E-state index in [9.17, 15) is 0 Å². The van der Waals surface area contributed by atoms with Crippen molar-refractivity contribution in [2.24, 2.45) is 5.92 Å². The van der Waals surface area contributed by atoms with Crippen molar-refractivity contribution in [2.75, 3.05) is 7.05 Å². The summed E-state index contributed by atoms with van der Waals surface area (Å²) in [6, 6.07) is 5.01. The van der Waals surface area contributed by atoms with Crippen molar-refractivity contribution in [3.8, 4) is 0 Å². The summed E-state index contributed by atoms with van der Waals surface area (Å²) in [4.78, 5) is 1.49. The highest BCUT2D eigenvalue weighted by Crippen LogP contribution is 2.36. The number of rotatable bonds is 3. The molecule has 1 saturated carbocycles. The second-order valence-corrected chi connectivity index (χ2v) is 7.51. The lowest BCUT2D eigenvalue weighted by molar-refractivity contribution is 0.302. The molecule has 0 spiro atoms. The van der Waals surface area contributed by atoms with Crippen LogP contribution in [0, 0.1) is 5.92 Å². The van der Waals surface area contributed by atoms with Crippen LogP contribution in [0.15, 0.2) is 15.9 Å². The molecule has 0 amide bonds. The Labute approximate surface area is 117 Å². The molecule has 1 aromatic rings. The van der Waals surface area contributed by atoms with Crippen LogP contribution in [0.25, 0.3) is 0 Å². The van der Waals surface area contributed by atoms with Gasteiger partial charge in [-0.2, -0.15) is 0 Å². The Kier molecular flexibility index (Phi) is 5.51. The van der Waals surface area contributed by atoms with Gasteiger partial charge in [0, 0.05) is 10.9 Å². The predicted octanol–water partition coefficient (Wildman–Crippen LogP) is 5.13. The zero-order valence-corrected chi connectivity index (χ0v) is 12.9. The molecule has 0 bridgehead atoms. The van der Waals surface area contributed by atoms with Crippen LogP contribution in [0.1, 0.15) is 55.9 Å². The second kappa shape index (κ2) is 6.91. The maximum Gasteiger partial charge on any atom is 0.0701 e. The number of nitrogens with one attached hydrogen (secondary N) is 1. The van der Waals surface area contributed by atoms with Gasteiger partial charge in [0.15, 0.2) is 0 Å². The molecule has 0 aliphatic heterocycles. The Morgan fingerprint density at radius 3 is 2.35 bits per heavy atom. The van der Waals surface area contributed by atoms with Crippen LogP contribution >= 0.6 is 27.3 Å². The van der Waals surface area contributed by atoms with E-state index in [-0.39, 0.29) is 0 Å². The average molecular weight is 316 g/mol. The van der Waals surface area contributed by atoms with E-state index in [1.165, 1.54) is 53.6 Å². The summed E-state index contributed by atoms with van der Waals surface area (Å²) in [7, 11) is 2.11. The smallest absolute Gasteiger partial charge is 0.0701 e. The molecule has 96 valence electrons. The largest absolute Gasteiger partial charge is 0.312 e. The summed E-state index contributed by atoms with van der Waals surface area (Å²) in [5, 5.41) is 3.54. The molecule has 2 rings (SSSR count). The standard InChI is InChI=1S/C14H22BrNS/c1-16-14(12-9-10-13(15)17-12)11-7-5-3-2-4-6-8-11/h9-11,14,16H,2-8H2,1H3.